The van der Waals surface area contributed by atoms with Crippen LogP contribution in [0, 0.1) is 10.1 Å². The molecule has 1 amide bonds. The molecule has 0 bridgehead atoms. The van der Waals surface area contributed by atoms with Crippen molar-refractivity contribution in [3.63, 3.8) is 0 Å². The van der Waals surface area contributed by atoms with E-state index >= 15 is 0 Å². The van der Waals surface area contributed by atoms with Gasteiger partial charge in [-0.3, -0.25) is 14.9 Å². The maximum absolute atomic E-state index is 12.9. The number of benzene rings is 3. The van der Waals surface area contributed by atoms with Gasteiger partial charge in [-0.1, -0.05) is 12.2 Å². The molecule has 210 valence electrons. The Morgan fingerprint density at radius 3 is 1.85 bits per heavy atom. The predicted octanol–water partition coefficient (Wildman–Crippen LogP) is 5.47. The summed E-state index contributed by atoms with van der Waals surface area (Å²) in [6, 6.07) is 11.4. The van der Waals surface area contributed by atoms with Crippen LogP contribution in [0.2, 0.25) is 0 Å². The van der Waals surface area contributed by atoms with E-state index in [0.717, 1.165) is 5.56 Å². The smallest absolute Gasteiger partial charge is 0.310 e. The van der Waals surface area contributed by atoms with Crippen LogP contribution in [0.15, 0.2) is 48.5 Å². The van der Waals surface area contributed by atoms with Crippen molar-refractivity contribution in [1.29, 1.82) is 0 Å². The lowest BCUT2D eigenvalue weighted by molar-refractivity contribution is -0.385. The van der Waals surface area contributed by atoms with Gasteiger partial charge in [0.2, 0.25) is 11.7 Å². The SMILES string of the molecule is COc1cc(/C=C/C(=O)Nc2c(/C=C/c3cc(OC)c(OC)c(OC)c3)ccc(OC)c2OC)ccc1[N+](=O)[O-]. The van der Waals surface area contributed by atoms with E-state index in [9.17, 15) is 14.9 Å². The molecule has 0 fully saturated rings. The Kier molecular flexibility index (Phi) is 9.95. The van der Waals surface area contributed by atoms with Gasteiger partial charge in [-0.05, 0) is 53.6 Å². The molecule has 0 spiro atoms. The molecule has 0 radical (unpaired) electrons. The van der Waals surface area contributed by atoms with E-state index in [1.807, 2.05) is 6.08 Å². The third-order valence-electron chi connectivity index (χ3n) is 5.80. The van der Waals surface area contributed by atoms with Gasteiger partial charge in [-0.15, -0.1) is 0 Å². The maximum Gasteiger partial charge on any atom is 0.310 e. The fourth-order valence-corrected chi connectivity index (χ4v) is 3.88. The minimum Gasteiger partial charge on any atom is -0.493 e. The van der Waals surface area contributed by atoms with Gasteiger partial charge in [0.25, 0.3) is 0 Å². The van der Waals surface area contributed by atoms with Crippen molar-refractivity contribution >= 4 is 35.5 Å². The molecule has 0 saturated heterocycles. The number of anilines is 1. The second kappa shape index (κ2) is 13.6. The first kappa shape index (κ1) is 29.4. The molecule has 0 saturated carbocycles. The lowest BCUT2D eigenvalue weighted by Crippen LogP contribution is -2.11. The number of nitrogens with one attached hydrogen (secondary N) is 1. The fourth-order valence-electron chi connectivity index (χ4n) is 3.88. The van der Waals surface area contributed by atoms with Crippen LogP contribution in [0.5, 0.6) is 34.5 Å². The van der Waals surface area contributed by atoms with Crippen molar-refractivity contribution in [2.75, 3.05) is 48.0 Å². The van der Waals surface area contributed by atoms with Crippen LogP contribution >= 0.6 is 0 Å². The van der Waals surface area contributed by atoms with E-state index in [0.29, 0.717) is 45.6 Å². The van der Waals surface area contributed by atoms with Gasteiger partial charge in [0.15, 0.2) is 28.7 Å². The Morgan fingerprint density at radius 1 is 0.700 bits per heavy atom. The number of carbonyl (C=O) groups is 1. The second-order valence-corrected chi connectivity index (χ2v) is 8.07. The first-order valence-electron chi connectivity index (χ1n) is 11.8. The van der Waals surface area contributed by atoms with E-state index < -0.39 is 10.8 Å². The monoisotopic (exact) mass is 550 g/mol. The molecule has 0 aliphatic heterocycles. The Bertz CT molecular complexity index is 1420. The van der Waals surface area contributed by atoms with Crippen molar-refractivity contribution in [2.45, 2.75) is 0 Å². The number of hydrogen-bond acceptors (Lipinski definition) is 9. The fraction of sp³-hybridized carbons (Fsp3) is 0.207. The third kappa shape index (κ3) is 6.62. The molecule has 3 aromatic carbocycles. The lowest BCUT2D eigenvalue weighted by Gasteiger charge is -2.16. The molecule has 1 N–H and O–H groups in total. The Labute approximate surface area is 231 Å². The molecule has 0 aliphatic rings. The molecule has 3 aromatic rings. The molecular weight excluding hydrogens is 520 g/mol. The normalized spacial score (nSPS) is 10.8. The highest BCUT2D eigenvalue weighted by molar-refractivity contribution is 6.05. The molecule has 0 aromatic heterocycles. The molecule has 40 heavy (non-hydrogen) atoms. The third-order valence-corrected chi connectivity index (χ3v) is 5.80. The van der Waals surface area contributed by atoms with Crippen molar-refractivity contribution in [3.05, 3.63) is 75.3 Å². The van der Waals surface area contributed by atoms with Crippen molar-refractivity contribution < 1.29 is 38.1 Å². The zero-order valence-corrected chi connectivity index (χ0v) is 23.0. The van der Waals surface area contributed by atoms with E-state index in [4.69, 9.17) is 28.4 Å². The first-order chi connectivity index (χ1) is 19.3. The summed E-state index contributed by atoms with van der Waals surface area (Å²) in [5.41, 5.74) is 2.13. The highest BCUT2D eigenvalue weighted by atomic mass is 16.6. The highest BCUT2D eigenvalue weighted by Gasteiger charge is 2.17. The summed E-state index contributed by atoms with van der Waals surface area (Å²) in [5.74, 6) is 1.83. The number of rotatable bonds is 12. The van der Waals surface area contributed by atoms with Crippen LogP contribution in [-0.4, -0.2) is 53.5 Å². The number of nitro groups is 1. The summed E-state index contributed by atoms with van der Waals surface area (Å²) in [6.45, 7) is 0. The van der Waals surface area contributed by atoms with Crippen molar-refractivity contribution in [3.8, 4) is 34.5 Å². The molecule has 0 unspecified atom stereocenters. The number of amides is 1. The van der Waals surface area contributed by atoms with Gasteiger partial charge in [-0.2, -0.15) is 0 Å². The Morgan fingerprint density at radius 2 is 1.30 bits per heavy atom. The average molecular weight is 551 g/mol. The highest BCUT2D eigenvalue weighted by Crippen LogP contribution is 2.41. The molecule has 0 heterocycles. The summed E-state index contributed by atoms with van der Waals surface area (Å²) in [7, 11) is 8.90. The zero-order chi connectivity index (χ0) is 29.2. The standard InChI is InChI=1S/C29H30N2O9/c1-35-22-13-11-20(10-7-19-16-24(37-3)28(39-5)25(17-19)38-4)27(29(22)40-6)30-26(32)14-9-18-8-12-21(31(33)34)23(15-18)36-2/h7-17H,1-6H3,(H,30,32)/b10-7+,14-9+. The van der Waals surface area contributed by atoms with Gasteiger partial charge in [0.1, 0.15) is 0 Å². The van der Waals surface area contributed by atoms with Crippen LogP contribution in [0.1, 0.15) is 16.7 Å². The molecule has 0 atom stereocenters. The van der Waals surface area contributed by atoms with Gasteiger partial charge in [-0.25, -0.2) is 0 Å². The van der Waals surface area contributed by atoms with E-state index in [1.165, 1.54) is 73.0 Å². The molecule has 3 rings (SSSR count). The summed E-state index contributed by atoms with van der Waals surface area (Å²) >= 11 is 0. The lowest BCUT2D eigenvalue weighted by atomic mass is 10.1. The molecular formula is C29H30N2O9. The summed E-state index contributed by atoms with van der Waals surface area (Å²) < 4.78 is 32.3. The molecule has 11 heteroatoms. The second-order valence-electron chi connectivity index (χ2n) is 8.07. The summed E-state index contributed by atoms with van der Waals surface area (Å²) in [6.07, 6.45) is 6.43. The first-order valence-corrected chi connectivity index (χ1v) is 11.8. The van der Waals surface area contributed by atoms with Crippen LogP contribution in [0.25, 0.3) is 18.2 Å². The Hall–Kier alpha value is -5.19. The van der Waals surface area contributed by atoms with Gasteiger partial charge in [0.05, 0.1) is 53.3 Å². The average Bonchev–Trinajstić information content (AvgIpc) is 2.97. The van der Waals surface area contributed by atoms with Crippen LogP contribution in [0.3, 0.4) is 0 Å². The molecule has 0 aliphatic carbocycles. The van der Waals surface area contributed by atoms with E-state index in [-0.39, 0.29) is 11.4 Å². The topological polar surface area (TPSA) is 128 Å². The quantitative estimate of drug-likeness (QED) is 0.135. The largest absolute Gasteiger partial charge is 0.493 e. The number of ether oxygens (including phenoxy) is 6. The van der Waals surface area contributed by atoms with E-state index in [1.54, 1.807) is 30.3 Å². The predicted molar refractivity (Wildman–Crippen MR) is 152 cm³/mol. The number of methoxy groups -OCH3 is 6. The zero-order valence-electron chi connectivity index (χ0n) is 23.0. The van der Waals surface area contributed by atoms with Gasteiger partial charge in [0, 0.05) is 17.7 Å². The van der Waals surface area contributed by atoms with Crippen molar-refractivity contribution in [2.24, 2.45) is 0 Å². The number of hydrogen-bond donors (Lipinski definition) is 1. The molecule has 11 nitrogen and oxygen atoms in total. The minimum atomic E-state index is -0.540. The number of nitrogens with zero attached hydrogens (tertiary/aromatic N) is 1. The number of nitro benzene ring substituents is 1. The summed E-state index contributed by atoms with van der Waals surface area (Å²) in [4.78, 5) is 23.5. The maximum atomic E-state index is 12.9. The Balaban J connectivity index is 1.96. The summed E-state index contributed by atoms with van der Waals surface area (Å²) in [5, 5.41) is 14.0. The van der Waals surface area contributed by atoms with Gasteiger partial charge < -0.3 is 33.7 Å². The van der Waals surface area contributed by atoms with Crippen LogP contribution in [0.4, 0.5) is 11.4 Å². The minimum absolute atomic E-state index is 0.0845. The van der Waals surface area contributed by atoms with Crippen LogP contribution < -0.4 is 33.7 Å². The van der Waals surface area contributed by atoms with Crippen molar-refractivity contribution in [1.82, 2.24) is 0 Å². The van der Waals surface area contributed by atoms with Gasteiger partial charge >= 0.3 is 5.69 Å². The number of carbonyl (C=O) groups excluding carboxylic acids is 1. The van der Waals surface area contributed by atoms with E-state index in [2.05, 4.69) is 5.32 Å². The van der Waals surface area contributed by atoms with Crippen LogP contribution in [-0.2, 0) is 4.79 Å².